The maximum Gasteiger partial charge on any atom is 0.249 e. The Bertz CT molecular complexity index is 605. The highest BCUT2D eigenvalue weighted by Gasteiger charge is 2.17. The average molecular weight is 315 g/mol. The lowest BCUT2D eigenvalue weighted by molar-refractivity contribution is -0.120. The van der Waals surface area contributed by atoms with Crippen LogP contribution in [0.5, 0.6) is 0 Å². The lowest BCUT2D eigenvalue weighted by Gasteiger charge is -2.08. The van der Waals surface area contributed by atoms with Gasteiger partial charge in [0.2, 0.25) is 17.6 Å². The summed E-state index contributed by atoms with van der Waals surface area (Å²) >= 11 is 0. The van der Waals surface area contributed by atoms with E-state index >= 15 is 0 Å². The van der Waals surface area contributed by atoms with Gasteiger partial charge in [-0.25, -0.2) is 4.39 Å². The van der Waals surface area contributed by atoms with E-state index in [1.54, 1.807) is 26.1 Å². The molecule has 1 amide bonds. The summed E-state index contributed by atoms with van der Waals surface area (Å²) in [5.41, 5.74) is 0.522. The van der Waals surface area contributed by atoms with E-state index < -0.39 is 6.04 Å². The molecule has 8 heteroatoms. The molecule has 0 saturated heterocycles. The number of halogens is 2. The number of hydrogen-bond acceptors (Lipinski definition) is 5. The van der Waals surface area contributed by atoms with Crippen molar-refractivity contribution >= 4 is 18.3 Å². The van der Waals surface area contributed by atoms with Gasteiger partial charge in [-0.3, -0.25) is 4.79 Å². The minimum Gasteiger partial charge on any atom is -0.343 e. The number of likely N-dealkylation sites (N-methyl/N-ethyl adjacent to an activating group) is 1. The normalized spacial score (nSPS) is 11.6. The monoisotopic (exact) mass is 314 g/mol. The third-order valence-corrected chi connectivity index (χ3v) is 2.61. The first-order chi connectivity index (χ1) is 9.60. The molecule has 2 rings (SSSR count). The van der Waals surface area contributed by atoms with Crippen molar-refractivity contribution in [3.63, 3.8) is 0 Å². The van der Waals surface area contributed by atoms with Gasteiger partial charge in [-0.1, -0.05) is 17.3 Å². The van der Waals surface area contributed by atoms with Crippen molar-refractivity contribution in [1.29, 1.82) is 0 Å². The Morgan fingerprint density at radius 2 is 2.24 bits per heavy atom. The molecule has 1 aromatic carbocycles. The van der Waals surface area contributed by atoms with Gasteiger partial charge in [-0.05, 0) is 26.1 Å². The molecule has 0 fully saturated rings. The third kappa shape index (κ3) is 4.51. The van der Waals surface area contributed by atoms with E-state index in [1.165, 1.54) is 12.1 Å². The molecule has 0 saturated carbocycles. The summed E-state index contributed by atoms with van der Waals surface area (Å²) in [6.45, 7) is 1.94. The average Bonchev–Trinajstić information content (AvgIpc) is 2.88. The van der Waals surface area contributed by atoms with E-state index in [2.05, 4.69) is 20.8 Å². The molecular formula is C13H16ClFN4O2. The fraction of sp³-hybridized carbons (Fsp3) is 0.308. The van der Waals surface area contributed by atoms with E-state index in [4.69, 9.17) is 4.52 Å². The van der Waals surface area contributed by atoms with Gasteiger partial charge in [-0.15, -0.1) is 12.4 Å². The molecule has 0 radical (unpaired) electrons. The summed E-state index contributed by atoms with van der Waals surface area (Å²) < 4.78 is 18.2. The minimum absolute atomic E-state index is 0. The quantitative estimate of drug-likeness (QED) is 0.878. The van der Waals surface area contributed by atoms with Gasteiger partial charge in [0.15, 0.2) is 0 Å². The number of hydrogen-bond donors (Lipinski definition) is 2. The molecule has 1 heterocycles. The predicted octanol–water partition coefficient (Wildman–Crippen LogP) is 1.69. The third-order valence-electron chi connectivity index (χ3n) is 2.61. The second-order valence-electron chi connectivity index (χ2n) is 4.29. The second-order valence-corrected chi connectivity index (χ2v) is 4.29. The Balaban J connectivity index is 0.00000220. The zero-order chi connectivity index (χ0) is 14.5. The summed E-state index contributed by atoms with van der Waals surface area (Å²) in [6.07, 6.45) is 0. The smallest absolute Gasteiger partial charge is 0.249 e. The van der Waals surface area contributed by atoms with Crippen molar-refractivity contribution in [1.82, 2.24) is 20.8 Å². The van der Waals surface area contributed by atoms with E-state index in [0.29, 0.717) is 5.56 Å². The summed E-state index contributed by atoms with van der Waals surface area (Å²) in [4.78, 5) is 15.6. The molecule has 1 aromatic heterocycles. The first kappa shape index (κ1) is 17.1. The molecule has 1 atom stereocenters. The van der Waals surface area contributed by atoms with Crippen molar-refractivity contribution in [2.24, 2.45) is 0 Å². The topological polar surface area (TPSA) is 80.0 Å². The van der Waals surface area contributed by atoms with Crippen LogP contribution in [0.25, 0.3) is 11.4 Å². The summed E-state index contributed by atoms with van der Waals surface area (Å²) in [7, 11) is 1.68. The molecule has 1 unspecified atom stereocenters. The lowest BCUT2D eigenvalue weighted by Crippen LogP contribution is -2.34. The zero-order valence-corrected chi connectivity index (χ0v) is 12.4. The van der Waals surface area contributed by atoms with E-state index in [-0.39, 0.29) is 42.4 Å². The van der Waals surface area contributed by atoms with Crippen LogP contribution in [0, 0.1) is 5.82 Å². The van der Waals surface area contributed by atoms with Gasteiger partial charge in [0.25, 0.3) is 0 Å². The van der Waals surface area contributed by atoms with Crippen LogP contribution >= 0.6 is 12.4 Å². The van der Waals surface area contributed by atoms with Crippen LogP contribution in [-0.4, -0.2) is 29.6 Å². The number of amides is 1. The summed E-state index contributed by atoms with van der Waals surface area (Å²) in [5.74, 6) is 0.0117. The van der Waals surface area contributed by atoms with Crippen LogP contribution in [0.2, 0.25) is 0 Å². The van der Waals surface area contributed by atoms with Crippen molar-refractivity contribution in [2.75, 3.05) is 13.6 Å². The molecular weight excluding hydrogens is 299 g/mol. The van der Waals surface area contributed by atoms with Gasteiger partial charge in [0.05, 0.1) is 6.54 Å². The number of aromatic nitrogens is 2. The van der Waals surface area contributed by atoms with Crippen molar-refractivity contribution in [2.45, 2.75) is 13.0 Å². The number of rotatable bonds is 5. The zero-order valence-electron chi connectivity index (χ0n) is 11.6. The van der Waals surface area contributed by atoms with Crippen LogP contribution in [0.15, 0.2) is 28.8 Å². The maximum absolute atomic E-state index is 13.1. The molecule has 6 nitrogen and oxygen atoms in total. The van der Waals surface area contributed by atoms with E-state index in [0.717, 1.165) is 0 Å². The van der Waals surface area contributed by atoms with Gasteiger partial charge in [-0.2, -0.15) is 4.98 Å². The molecule has 2 aromatic rings. The van der Waals surface area contributed by atoms with Crippen LogP contribution in [-0.2, 0) is 4.79 Å². The largest absolute Gasteiger partial charge is 0.343 e. The van der Waals surface area contributed by atoms with Crippen LogP contribution < -0.4 is 10.6 Å². The van der Waals surface area contributed by atoms with E-state index in [9.17, 15) is 9.18 Å². The summed E-state index contributed by atoms with van der Waals surface area (Å²) in [6, 6.07) is 5.50. The lowest BCUT2D eigenvalue weighted by atomic mass is 10.2. The Morgan fingerprint density at radius 3 is 2.90 bits per heavy atom. The predicted molar refractivity (Wildman–Crippen MR) is 77.4 cm³/mol. The highest BCUT2D eigenvalue weighted by Crippen LogP contribution is 2.19. The SMILES string of the molecule is CNCC(=O)NC(C)c1nc(-c2cccc(F)c2)no1.Cl. The molecule has 21 heavy (non-hydrogen) atoms. The Morgan fingerprint density at radius 1 is 1.48 bits per heavy atom. The molecule has 0 aliphatic heterocycles. The minimum atomic E-state index is -0.411. The van der Waals surface area contributed by atoms with Gasteiger partial charge in [0.1, 0.15) is 11.9 Å². The van der Waals surface area contributed by atoms with Gasteiger partial charge >= 0.3 is 0 Å². The number of nitrogens with zero attached hydrogens (tertiary/aromatic N) is 2. The molecule has 0 aliphatic carbocycles. The number of benzene rings is 1. The Labute approximate surface area is 127 Å². The standard InChI is InChI=1S/C13H15FN4O2.ClH/c1-8(16-11(19)7-15-2)13-17-12(18-20-13)9-4-3-5-10(14)6-9;/h3-6,8,15H,7H2,1-2H3,(H,16,19);1H. The molecule has 2 N–H and O–H groups in total. The van der Waals surface area contributed by atoms with Crippen molar-refractivity contribution in [3.8, 4) is 11.4 Å². The molecule has 114 valence electrons. The Kier molecular flexibility index (Phi) is 6.26. The fourth-order valence-electron chi connectivity index (χ4n) is 1.67. The van der Waals surface area contributed by atoms with Gasteiger partial charge in [0, 0.05) is 5.56 Å². The highest BCUT2D eigenvalue weighted by molar-refractivity contribution is 5.85. The maximum atomic E-state index is 13.1. The van der Waals surface area contributed by atoms with Crippen LogP contribution in [0.1, 0.15) is 18.9 Å². The summed E-state index contributed by atoms with van der Waals surface area (Å²) in [5, 5.41) is 9.22. The van der Waals surface area contributed by atoms with Crippen molar-refractivity contribution in [3.05, 3.63) is 36.0 Å². The Hall–Kier alpha value is -1.99. The second kappa shape index (κ2) is 7.70. The molecule has 0 aliphatic rings. The first-order valence-electron chi connectivity index (χ1n) is 6.13. The van der Waals surface area contributed by atoms with Crippen LogP contribution in [0.4, 0.5) is 4.39 Å². The van der Waals surface area contributed by atoms with E-state index in [1.807, 2.05) is 0 Å². The molecule has 0 spiro atoms. The molecule has 0 bridgehead atoms. The van der Waals surface area contributed by atoms with Crippen LogP contribution in [0.3, 0.4) is 0 Å². The van der Waals surface area contributed by atoms with Gasteiger partial charge < -0.3 is 15.2 Å². The highest BCUT2D eigenvalue weighted by atomic mass is 35.5. The fourth-order valence-corrected chi connectivity index (χ4v) is 1.67. The number of carbonyl (C=O) groups is 1. The number of nitrogens with one attached hydrogen (secondary N) is 2. The first-order valence-corrected chi connectivity index (χ1v) is 6.13. The number of carbonyl (C=O) groups excluding carboxylic acids is 1. The van der Waals surface area contributed by atoms with Crippen molar-refractivity contribution < 1.29 is 13.7 Å².